The molecule has 1 atom stereocenters. The number of amides is 1. The van der Waals surface area contributed by atoms with E-state index in [1.54, 1.807) is 17.5 Å². The zero-order valence-corrected chi connectivity index (χ0v) is 13.3. The first-order valence-electron chi connectivity index (χ1n) is 7.57. The third-order valence-electron chi connectivity index (χ3n) is 4.33. The van der Waals surface area contributed by atoms with Crippen molar-refractivity contribution >= 4 is 17.2 Å². The highest BCUT2D eigenvalue weighted by molar-refractivity contribution is 7.09. The Bertz CT molecular complexity index is 413. The molecule has 1 heterocycles. The van der Waals surface area contributed by atoms with Gasteiger partial charge in [0.15, 0.2) is 0 Å². The zero-order chi connectivity index (χ0) is 14.4. The van der Waals surface area contributed by atoms with Crippen molar-refractivity contribution in [2.24, 2.45) is 0 Å². The summed E-state index contributed by atoms with van der Waals surface area (Å²) in [5, 5.41) is 9.51. The summed E-state index contributed by atoms with van der Waals surface area (Å²) < 4.78 is 0. The number of hydrogen-bond donors (Lipinski definition) is 2. The third-order valence-corrected chi connectivity index (χ3v) is 5.22. The van der Waals surface area contributed by atoms with Crippen molar-refractivity contribution < 1.29 is 4.79 Å². The maximum atomic E-state index is 12.4. The van der Waals surface area contributed by atoms with Gasteiger partial charge < -0.3 is 10.6 Å². The normalized spacial score (nSPS) is 19.5. The van der Waals surface area contributed by atoms with Gasteiger partial charge in [0.25, 0.3) is 0 Å². The van der Waals surface area contributed by atoms with Gasteiger partial charge in [0, 0.05) is 23.5 Å². The molecule has 112 valence electrons. The molecule has 0 spiro atoms. The second kappa shape index (κ2) is 7.18. The second-order valence-electron chi connectivity index (χ2n) is 5.67. The van der Waals surface area contributed by atoms with Crippen LogP contribution < -0.4 is 10.6 Å². The molecule has 1 saturated carbocycles. The second-order valence-corrected chi connectivity index (χ2v) is 6.59. The SMILES string of the molecule is CCC(NC(=O)CC1(NC)CCCCC1)c1nccs1. The van der Waals surface area contributed by atoms with Gasteiger partial charge in [-0.3, -0.25) is 4.79 Å². The number of nitrogens with one attached hydrogen (secondary N) is 2. The van der Waals surface area contributed by atoms with Gasteiger partial charge in [-0.15, -0.1) is 11.3 Å². The number of thiazole rings is 1. The number of hydrogen-bond acceptors (Lipinski definition) is 4. The summed E-state index contributed by atoms with van der Waals surface area (Å²) in [4.78, 5) is 16.7. The lowest BCUT2D eigenvalue weighted by Gasteiger charge is -2.37. The predicted octanol–water partition coefficient (Wildman–Crippen LogP) is 3.02. The molecule has 1 unspecified atom stereocenters. The standard InChI is InChI=1S/C15H25N3OS/c1-3-12(14-17-9-10-20-14)18-13(19)11-15(16-2)7-5-4-6-8-15/h9-10,12,16H,3-8,11H2,1-2H3,(H,18,19). The van der Waals surface area contributed by atoms with E-state index in [1.807, 2.05) is 12.4 Å². The van der Waals surface area contributed by atoms with Gasteiger partial charge in [-0.05, 0) is 26.3 Å². The van der Waals surface area contributed by atoms with Crippen LogP contribution in [0.5, 0.6) is 0 Å². The lowest BCUT2D eigenvalue weighted by Crippen LogP contribution is -2.48. The largest absolute Gasteiger partial charge is 0.347 e. The van der Waals surface area contributed by atoms with E-state index >= 15 is 0 Å². The average Bonchev–Trinajstić information content (AvgIpc) is 3.00. The fourth-order valence-corrected chi connectivity index (χ4v) is 3.81. The van der Waals surface area contributed by atoms with E-state index in [4.69, 9.17) is 0 Å². The van der Waals surface area contributed by atoms with Crippen LogP contribution in [0.1, 0.15) is 62.9 Å². The van der Waals surface area contributed by atoms with Crippen molar-refractivity contribution in [3.05, 3.63) is 16.6 Å². The Hall–Kier alpha value is -0.940. The van der Waals surface area contributed by atoms with Crippen molar-refractivity contribution in [2.75, 3.05) is 7.05 Å². The summed E-state index contributed by atoms with van der Waals surface area (Å²) in [6.45, 7) is 2.08. The van der Waals surface area contributed by atoms with Crippen LogP contribution in [0.3, 0.4) is 0 Å². The van der Waals surface area contributed by atoms with E-state index in [2.05, 4.69) is 22.5 Å². The summed E-state index contributed by atoms with van der Waals surface area (Å²) in [7, 11) is 1.98. The van der Waals surface area contributed by atoms with E-state index < -0.39 is 0 Å². The van der Waals surface area contributed by atoms with Crippen molar-refractivity contribution in [3.63, 3.8) is 0 Å². The summed E-state index contributed by atoms with van der Waals surface area (Å²) in [6.07, 6.45) is 9.19. The Kier molecular flexibility index (Phi) is 5.54. The minimum absolute atomic E-state index is 0.00348. The number of nitrogens with zero attached hydrogens (tertiary/aromatic N) is 1. The Morgan fingerprint density at radius 3 is 2.75 bits per heavy atom. The predicted molar refractivity (Wildman–Crippen MR) is 82.8 cm³/mol. The summed E-state index contributed by atoms with van der Waals surface area (Å²) in [5.41, 5.74) is 0.00348. The van der Waals surface area contributed by atoms with Gasteiger partial charge in [0.05, 0.1) is 6.04 Å². The highest BCUT2D eigenvalue weighted by atomic mass is 32.1. The third kappa shape index (κ3) is 3.79. The van der Waals surface area contributed by atoms with Crippen LogP contribution in [0.25, 0.3) is 0 Å². The van der Waals surface area contributed by atoms with Gasteiger partial charge in [-0.2, -0.15) is 0 Å². The number of rotatable bonds is 6. The van der Waals surface area contributed by atoms with Gasteiger partial charge >= 0.3 is 0 Å². The highest BCUT2D eigenvalue weighted by Gasteiger charge is 2.33. The Balaban J connectivity index is 1.93. The van der Waals surface area contributed by atoms with Crippen LogP contribution in [-0.2, 0) is 4.79 Å². The molecule has 1 fully saturated rings. The minimum atomic E-state index is 0.00348. The molecule has 1 aliphatic carbocycles. The highest BCUT2D eigenvalue weighted by Crippen LogP contribution is 2.31. The molecule has 20 heavy (non-hydrogen) atoms. The molecule has 0 aromatic carbocycles. The van der Waals surface area contributed by atoms with E-state index in [9.17, 15) is 4.79 Å². The van der Waals surface area contributed by atoms with E-state index in [0.717, 1.165) is 24.3 Å². The molecule has 0 aliphatic heterocycles. The molecule has 2 rings (SSSR count). The van der Waals surface area contributed by atoms with Crippen molar-refractivity contribution in [1.82, 2.24) is 15.6 Å². The molecule has 1 aliphatic rings. The van der Waals surface area contributed by atoms with Crippen molar-refractivity contribution in [1.29, 1.82) is 0 Å². The first kappa shape index (κ1) is 15.4. The molecule has 0 saturated heterocycles. The van der Waals surface area contributed by atoms with Crippen LogP contribution in [0.15, 0.2) is 11.6 Å². The summed E-state index contributed by atoms with van der Waals surface area (Å²) in [6, 6.07) is 0.0556. The topological polar surface area (TPSA) is 54.0 Å². The van der Waals surface area contributed by atoms with Gasteiger partial charge in [-0.1, -0.05) is 26.2 Å². The molecule has 2 N–H and O–H groups in total. The van der Waals surface area contributed by atoms with Gasteiger partial charge in [0.1, 0.15) is 5.01 Å². The fraction of sp³-hybridized carbons (Fsp3) is 0.733. The molecule has 0 bridgehead atoms. The number of carbonyl (C=O) groups is 1. The Labute approximate surface area is 125 Å². The van der Waals surface area contributed by atoms with Crippen LogP contribution in [0.2, 0.25) is 0 Å². The molecule has 0 radical (unpaired) electrons. The number of carbonyl (C=O) groups excluding carboxylic acids is 1. The minimum Gasteiger partial charge on any atom is -0.347 e. The average molecular weight is 295 g/mol. The summed E-state index contributed by atoms with van der Waals surface area (Å²) >= 11 is 1.61. The summed E-state index contributed by atoms with van der Waals surface area (Å²) in [5.74, 6) is 0.142. The van der Waals surface area contributed by atoms with Gasteiger partial charge in [-0.25, -0.2) is 4.98 Å². The monoisotopic (exact) mass is 295 g/mol. The maximum Gasteiger partial charge on any atom is 0.222 e. The van der Waals surface area contributed by atoms with Crippen LogP contribution in [0.4, 0.5) is 0 Å². The molecular weight excluding hydrogens is 270 g/mol. The van der Waals surface area contributed by atoms with E-state index in [-0.39, 0.29) is 17.5 Å². The molecule has 1 amide bonds. The Morgan fingerprint density at radius 2 is 2.20 bits per heavy atom. The van der Waals surface area contributed by atoms with E-state index in [1.165, 1.54) is 19.3 Å². The number of aromatic nitrogens is 1. The molecular formula is C15H25N3OS. The molecule has 5 heteroatoms. The first-order valence-corrected chi connectivity index (χ1v) is 8.45. The fourth-order valence-electron chi connectivity index (χ4n) is 3.04. The zero-order valence-electron chi connectivity index (χ0n) is 12.4. The van der Waals surface area contributed by atoms with E-state index in [0.29, 0.717) is 6.42 Å². The van der Waals surface area contributed by atoms with Crippen LogP contribution in [-0.4, -0.2) is 23.5 Å². The van der Waals surface area contributed by atoms with Crippen molar-refractivity contribution in [2.45, 2.75) is 63.5 Å². The lowest BCUT2D eigenvalue weighted by molar-refractivity contribution is -0.123. The van der Waals surface area contributed by atoms with Crippen LogP contribution >= 0.6 is 11.3 Å². The first-order chi connectivity index (χ1) is 9.69. The van der Waals surface area contributed by atoms with Crippen molar-refractivity contribution in [3.8, 4) is 0 Å². The maximum absolute atomic E-state index is 12.4. The molecule has 1 aromatic heterocycles. The quantitative estimate of drug-likeness (QED) is 0.848. The smallest absolute Gasteiger partial charge is 0.222 e. The molecule has 1 aromatic rings. The Morgan fingerprint density at radius 1 is 1.45 bits per heavy atom. The van der Waals surface area contributed by atoms with Crippen LogP contribution in [0, 0.1) is 0 Å². The van der Waals surface area contributed by atoms with Gasteiger partial charge in [0.2, 0.25) is 5.91 Å². The molecule has 4 nitrogen and oxygen atoms in total. The lowest BCUT2D eigenvalue weighted by atomic mass is 9.79.